The molecule has 2 aromatic heterocycles. The smallest absolute Gasteiger partial charge is 0.241 e. The van der Waals surface area contributed by atoms with E-state index >= 15 is 0 Å². The van der Waals surface area contributed by atoms with Gasteiger partial charge in [0, 0.05) is 37.9 Å². The summed E-state index contributed by atoms with van der Waals surface area (Å²) in [4.78, 5) is 21.0. The van der Waals surface area contributed by atoms with Crippen molar-refractivity contribution in [3.05, 3.63) is 95.6 Å². The van der Waals surface area contributed by atoms with E-state index in [1.165, 1.54) is 5.56 Å². The number of benzene rings is 1. The van der Waals surface area contributed by atoms with Crippen LogP contribution >= 0.6 is 0 Å². The van der Waals surface area contributed by atoms with Gasteiger partial charge in [-0.2, -0.15) is 0 Å². The fourth-order valence-electron chi connectivity index (χ4n) is 3.10. The molecule has 0 bridgehead atoms. The Morgan fingerprint density at radius 1 is 0.893 bits per heavy atom. The second kappa shape index (κ2) is 10.3. The summed E-state index contributed by atoms with van der Waals surface area (Å²) in [5, 5.41) is 6.48. The molecule has 0 spiro atoms. The van der Waals surface area contributed by atoms with E-state index in [1.807, 2.05) is 49.4 Å². The van der Waals surface area contributed by atoms with Gasteiger partial charge in [0.05, 0.1) is 0 Å². The summed E-state index contributed by atoms with van der Waals surface area (Å²) >= 11 is 0. The van der Waals surface area contributed by atoms with Crippen molar-refractivity contribution in [3.63, 3.8) is 0 Å². The lowest BCUT2D eigenvalue weighted by atomic mass is 10.0. The Balaban J connectivity index is 1.60. The van der Waals surface area contributed by atoms with Crippen molar-refractivity contribution >= 4 is 5.91 Å². The van der Waals surface area contributed by atoms with Crippen LogP contribution in [0.15, 0.2) is 73.3 Å². The summed E-state index contributed by atoms with van der Waals surface area (Å²) < 4.78 is 0. The van der Waals surface area contributed by atoms with E-state index in [1.54, 1.807) is 24.8 Å². The first-order valence-corrected chi connectivity index (χ1v) is 9.58. The molecule has 0 saturated heterocycles. The van der Waals surface area contributed by atoms with Gasteiger partial charge in [-0.05, 0) is 60.7 Å². The Kier molecular flexibility index (Phi) is 7.27. The maximum absolute atomic E-state index is 12.9. The Bertz CT molecular complexity index is 868. The third kappa shape index (κ3) is 5.99. The molecular formula is C23H26N4O. The highest BCUT2D eigenvalue weighted by Gasteiger charge is 2.19. The predicted molar refractivity (Wildman–Crippen MR) is 111 cm³/mol. The number of amides is 1. The number of aryl methyl sites for hydroxylation is 1. The number of aromatic nitrogens is 2. The molecule has 1 unspecified atom stereocenters. The van der Waals surface area contributed by atoms with Crippen molar-refractivity contribution in [2.24, 2.45) is 0 Å². The largest absolute Gasteiger partial charge is 0.354 e. The molecule has 1 aromatic carbocycles. The Hall–Kier alpha value is -3.05. The molecule has 0 aliphatic carbocycles. The average Bonchev–Trinajstić information content (AvgIpc) is 2.72. The van der Waals surface area contributed by atoms with Gasteiger partial charge in [-0.3, -0.25) is 14.8 Å². The van der Waals surface area contributed by atoms with Crippen molar-refractivity contribution in [1.29, 1.82) is 0 Å². The standard InChI is InChI=1S/C23H26N4O/c1-18-3-2-4-21(17-18)22(26-15-9-19-5-11-24-12-6-19)23(28)27-16-10-20-7-13-25-14-8-20/h2-8,11-14,17,22,26H,9-10,15-16H2,1H3,(H,27,28). The van der Waals surface area contributed by atoms with Crippen LogP contribution in [0.3, 0.4) is 0 Å². The number of hydrogen-bond donors (Lipinski definition) is 2. The first-order chi connectivity index (χ1) is 13.7. The van der Waals surface area contributed by atoms with E-state index in [0.717, 1.165) is 29.5 Å². The molecule has 0 aliphatic rings. The van der Waals surface area contributed by atoms with E-state index in [0.29, 0.717) is 13.1 Å². The SMILES string of the molecule is Cc1cccc(C(NCCc2ccncc2)C(=O)NCCc2ccncc2)c1. The van der Waals surface area contributed by atoms with E-state index < -0.39 is 0 Å². The summed E-state index contributed by atoms with van der Waals surface area (Å²) in [6.07, 6.45) is 8.75. The molecule has 0 aliphatic heterocycles. The number of hydrogen-bond acceptors (Lipinski definition) is 4. The highest BCUT2D eigenvalue weighted by molar-refractivity contribution is 5.83. The monoisotopic (exact) mass is 374 g/mol. The van der Waals surface area contributed by atoms with Crippen LogP contribution in [0.1, 0.15) is 28.3 Å². The second-order valence-corrected chi connectivity index (χ2v) is 6.80. The zero-order valence-electron chi connectivity index (χ0n) is 16.1. The lowest BCUT2D eigenvalue weighted by Gasteiger charge is -2.19. The molecule has 3 aromatic rings. The summed E-state index contributed by atoms with van der Waals surface area (Å²) in [6, 6.07) is 15.7. The first kappa shape index (κ1) is 19.7. The summed E-state index contributed by atoms with van der Waals surface area (Å²) in [5.41, 5.74) is 4.48. The molecule has 144 valence electrons. The van der Waals surface area contributed by atoms with Gasteiger partial charge in [-0.25, -0.2) is 0 Å². The summed E-state index contributed by atoms with van der Waals surface area (Å²) in [7, 11) is 0. The van der Waals surface area contributed by atoms with Crippen molar-refractivity contribution in [1.82, 2.24) is 20.6 Å². The van der Waals surface area contributed by atoms with E-state index in [-0.39, 0.29) is 11.9 Å². The maximum Gasteiger partial charge on any atom is 0.241 e. The zero-order chi connectivity index (χ0) is 19.6. The van der Waals surface area contributed by atoms with Crippen LogP contribution in [0.2, 0.25) is 0 Å². The third-order valence-electron chi connectivity index (χ3n) is 4.61. The molecule has 1 atom stereocenters. The molecule has 0 fully saturated rings. The molecular weight excluding hydrogens is 348 g/mol. The van der Waals surface area contributed by atoms with E-state index in [4.69, 9.17) is 0 Å². The number of nitrogens with zero attached hydrogens (tertiary/aromatic N) is 2. The van der Waals surface area contributed by atoms with E-state index in [2.05, 4.69) is 26.7 Å². The minimum atomic E-state index is -0.376. The van der Waals surface area contributed by atoms with Crippen LogP contribution in [-0.2, 0) is 17.6 Å². The Morgan fingerprint density at radius 3 is 2.11 bits per heavy atom. The van der Waals surface area contributed by atoms with Crippen molar-refractivity contribution in [2.75, 3.05) is 13.1 Å². The van der Waals surface area contributed by atoms with Gasteiger partial charge < -0.3 is 10.6 Å². The van der Waals surface area contributed by atoms with Gasteiger partial charge in [-0.1, -0.05) is 29.8 Å². The van der Waals surface area contributed by atoms with Crippen molar-refractivity contribution < 1.29 is 4.79 Å². The van der Waals surface area contributed by atoms with Crippen LogP contribution in [0.5, 0.6) is 0 Å². The Morgan fingerprint density at radius 2 is 1.50 bits per heavy atom. The molecule has 1 amide bonds. The highest BCUT2D eigenvalue weighted by atomic mass is 16.2. The molecule has 0 saturated carbocycles. The number of carbonyl (C=O) groups is 1. The molecule has 2 heterocycles. The van der Waals surface area contributed by atoms with Crippen molar-refractivity contribution in [3.8, 4) is 0 Å². The lowest BCUT2D eigenvalue weighted by Crippen LogP contribution is -2.39. The zero-order valence-corrected chi connectivity index (χ0v) is 16.1. The minimum Gasteiger partial charge on any atom is -0.354 e. The number of carbonyl (C=O) groups excluding carboxylic acids is 1. The molecule has 3 rings (SSSR count). The quantitative estimate of drug-likeness (QED) is 0.604. The predicted octanol–water partition coefficient (Wildman–Crippen LogP) is 3.02. The summed E-state index contributed by atoms with van der Waals surface area (Å²) in [5.74, 6) is -0.00520. The molecule has 2 N–H and O–H groups in total. The van der Waals surface area contributed by atoms with Crippen LogP contribution in [0.25, 0.3) is 0 Å². The van der Waals surface area contributed by atoms with Gasteiger partial charge in [0.25, 0.3) is 0 Å². The molecule has 28 heavy (non-hydrogen) atoms. The average molecular weight is 374 g/mol. The topological polar surface area (TPSA) is 66.9 Å². The second-order valence-electron chi connectivity index (χ2n) is 6.80. The van der Waals surface area contributed by atoms with E-state index in [9.17, 15) is 4.79 Å². The van der Waals surface area contributed by atoms with Crippen LogP contribution in [0.4, 0.5) is 0 Å². The van der Waals surface area contributed by atoms with Crippen molar-refractivity contribution in [2.45, 2.75) is 25.8 Å². The fraction of sp³-hybridized carbons (Fsp3) is 0.261. The third-order valence-corrected chi connectivity index (χ3v) is 4.61. The van der Waals surface area contributed by atoms with Crippen LogP contribution in [-0.4, -0.2) is 29.0 Å². The van der Waals surface area contributed by atoms with Crippen LogP contribution in [0, 0.1) is 6.92 Å². The lowest BCUT2D eigenvalue weighted by molar-refractivity contribution is -0.123. The highest BCUT2D eigenvalue weighted by Crippen LogP contribution is 2.15. The van der Waals surface area contributed by atoms with Gasteiger partial charge in [0.2, 0.25) is 5.91 Å². The van der Waals surface area contributed by atoms with Gasteiger partial charge in [0.1, 0.15) is 6.04 Å². The number of pyridine rings is 2. The summed E-state index contributed by atoms with van der Waals surface area (Å²) in [6.45, 7) is 3.34. The molecule has 0 radical (unpaired) electrons. The maximum atomic E-state index is 12.9. The number of nitrogens with one attached hydrogen (secondary N) is 2. The first-order valence-electron chi connectivity index (χ1n) is 9.58. The van der Waals surface area contributed by atoms with Gasteiger partial charge in [-0.15, -0.1) is 0 Å². The van der Waals surface area contributed by atoms with Gasteiger partial charge in [0.15, 0.2) is 0 Å². The van der Waals surface area contributed by atoms with Gasteiger partial charge >= 0.3 is 0 Å². The number of rotatable bonds is 9. The fourth-order valence-corrected chi connectivity index (χ4v) is 3.10. The van der Waals surface area contributed by atoms with Crippen LogP contribution < -0.4 is 10.6 Å². The Labute approximate surface area is 166 Å². The minimum absolute atomic E-state index is 0.00520. The normalized spacial score (nSPS) is 11.8. The molecule has 5 heteroatoms. The molecule has 5 nitrogen and oxygen atoms in total.